The molecule has 2 aromatic heterocycles. The lowest BCUT2D eigenvalue weighted by Gasteiger charge is -2.37. The lowest BCUT2D eigenvalue weighted by molar-refractivity contribution is -0.453. The van der Waals surface area contributed by atoms with Crippen molar-refractivity contribution in [3.63, 3.8) is 0 Å². The summed E-state index contributed by atoms with van der Waals surface area (Å²) in [6.07, 6.45) is 12.6. The third-order valence-corrected chi connectivity index (χ3v) is 15.8. The lowest BCUT2D eigenvalue weighted by Crippen LogP contribution is -2.35. The fourth-order valence-electron chi connectivity index (χ4n) is 11.9. The second kappa shape index (κ2) is 21.1. The largest absolute Gasteiger partial charge is 0.455 e. The quantitative estimate of drug-likeness (QED) is 0.0979. The van der Waals surface area contributed by atoms with Crippen LogP contribution >= 0.6 is 0 Å². The van der Waals surface area contributed by atoms with E-state index in [0.717, 1.165) is 80.1 Å². The zero-order valence-electron chi connectivity index (χ0n) is 42.6. The molecule has 0 bridgehead atoms. The number of carbonyl (C=O) groups excluding carboxylic acids is 3. The number of aromatic nitrogens is 2. The molecular formula is C58H69F2N7O5+2. The maximum Gasteiger partial charge on any atom is 0.455 e. The van der Waals surface area contributed by atoms with Crippen LogP contribution in [-0.2, 0) is 9.53 Å². The van der Waals surface area contributed by atoms with Gasteiger partial charge in [-0.05, 0) is 187 Å². The van der Waals surface area contributed by atoms with E-state index in [1.807, 2.05) is 62.0 Å². The van der Waals surface area contributed by atoms with Gasteiger partial charge < -0.3 is 10.1 Å². The minimum Gasteiger partial charge on any atom is -0.444 e. The van der Waals surface area contributed by atoms with Gasteiger partial charge in [-0.2, -0.15) is 4.58 Å². The number of rotatable bonds is 11. The van der Waals surface area contributed by atoms with Crippen LogP contribution in [0.25, 0.3) is 22.0 Å². The molecule has 5 aromatic rings. The van der Waals surface area contributed by atoms with Crippen molar-refractivity contribution < 1.29 is 37.2 Å². The minimum absolute atomic E-state index is 0.00958. The number of nitroso groups, excluding NO2 is 1. The average Bonchev–Trinajstić information content (AvgIpc) is 3.57. The first-order chi connectivity index (χ1) is 34.4. The molecule has 9 rings (SSSR count). The molecule has 3 aliphatic heterocycles. The van der Waals surface area contributed by atoms with Gasteiger partial charge in [0.25, 0.3) is 0 Å². The molecule has 4 aliphatic rings. The van der Waals surface area contributed by atoms with Crippen molar-refractivity contribution in [1.82, 2.24) is 14.9 Å². The van der Waals surface area contributed by atoms with Gasteiger partial charge in [-0.15, -0.1) is 0 Å². The van der Waals surface area contributed by atoms with Crippen LogP contribution in [0.2, 0.25) is 0 Å². The first-order valence-electron chi connectivity index (χ1n) is 26.0. The molecule has 0 spiro atoms. The van der Waals surface area contributed by atoms with E-state index < -0.39 is 41.0 Å². The van der Waals surface area contributed by atoms with Crippen LogP contribution in [0.15, 0.2) is 85.2 Å². The second-order valence-corrected chi connectivity index (χ2v) is 22.1. The van der Waals surface area contributed by atoms with Gasteiger partial charge in [0.15, 0.2) is 12.6 Å². The van der Waals surface area contributed by atoms with Gasteiger partial charge >= 0.3 is 17.9 Å². The normalized spacial score (nSPS) is 23.9. The van der Waals surface area contributed by atoms with E-state index in [1.165, 1.54) is 22.8 Å². The molecule has 378 valence electrons. The molecule has 2 saturated heterocycles. The first-order valence-corrected chi connectivity index (χ1v) is 26.0. The Hall–Kier alpha value is -6.28. The van der Waals surface area contributed by atoms with Crippen LogP contribution in [0.1, 0.15) is 149 Å². The standard InChI is InChI=1S/C58H68F2N7O5/c1-36-30-52-48(45(18-24-61-52)43-14-17-53(62-35-43)64-56(70)72-57(3,4)5)33-47(36)37(2)65-27-21-41(22-28-65)40-10-12-42(13-11-40)54(68)66-25-19-38(20-26-66)31-39-8-7-9-49(58(6,60)34-39)46-16-15-44(32-50(46)59)63-51-23-29-67(71)55(51)69/h10-18,24-25,30,32-33,35,37-39,41,49,51,63H,7-9,19-23,26-29,31,34H2,1-6H3/q+1/p+1/t37-,38?,39+,49?,51?,58?/m0/s1. The Morgan fingerprint density at radius 2 is 1.71 bits per heavy atom. The molecule has 4 unspecified atom stereocenters. The van der Waals surface area contributed by atoms with Crippen LogP contribution in [0.3, 0.4) is 0 Å². The highest BCUT2D eigenvalue weighted by Gasteiger charge is 2.43. The molecule has 3 amide bonds. The molecule has 72 heavy (non-hydrogen) atoms. The molecule has 14 heteroatoms. The highest BCUT2D eigenvalue weighted by atomic mass is 19.1. The van der Waals surface area contributed by atoms with Gasteiger partial charge in [-0.25, -0.2) is 28.1 Å². The number of carbonyl (C=O) groups is 3. The van der Waals surface area contributed by atoms with E-state index in [2.05, 4.69) is 58.6 Å². The molecule has 5 heterocycles. The van der Waals surface area contributed by atoms with Crippen molar-refractivity contribution in [3.05, 3.63) is 124 Å². The van der Waals surface area contributed by atoms with Crippen molar-refractivity contribution >= 4 is 46.5 Å². The SMILES string of the molecule is Cc1cc2nccc(-c3ccc(NC(=O)OC(C)(C)C)nc3)c2cc1[C@H](C)N1CCC(c2ccc(C(=O)[N+]3=CCC(C[C@H]4CCCC(c5ccc(NC6CC[N+](=O)C6=O)cc5F)C(C)(F)C4)CC3)cc2)CC1. The zero-order valence-corrected chi connectivity index (χ0v) is 42.6. The fourth-order valence-corrected chi connectivity index (χ4v) is 11.9. The number of likely N-dealkylation sites (tertiary alicyclic amines) is 1. The summed E-state index contributed by atoms with van der Waals surface area (Å²) < 4.78 is 39.8. The molecule has 0 radical (unpaired) electrons. The smallest absolute Gasteiger partial charge is 0.444 e. The van der Waals surface area contributed by atoms with Crippen molar-refractivity contribution in [2.45, 2.75) is 141 Å². The molecular weight excluding hydrogens is 913 g/mol. The Labute approximate surface area is 421 Å². The maximum absolute atomic E-state index is 16.6. The summed E-state index contributed by atoms with van der Waals surface area (Å²) in [7, 11) is 0. The highest BCUT2D eigenvalue weighted by Crippen LogP contribution is 2.47. The predicted molar refractivity (Wildman–Crippen MR) is 277 cm³/mol. The van der Waals surface area contributed by atoms with Crippen molar-refractivity contribution in [1.29, 1.82) is 0 Å². The topological polar surface area (TPSA) is 137 Å². The lowest BCUT2D eigenvalue weighted by atomic mass is 9.77. The third kappa shape index (κ3) is 11.5. The molecule has 3 aromatic carbocycles. The van der Waals surface area contributed by atoms with Crippen LogP contribution < -0.4 is 10.6 Å². The Kier molecular flexibility index (Phi) is 14.8. The molecule has 2 N–H and O–H groups in total. The summed E-state index contributed by atoms with van der Waals surface area (Å²) in [6.45, 7) is 14.2. The summed E-state index contributed by atoms with van der Waals surface area (Å²) in [5.74, 6) is -0.277. The van der Waals surface area contributed by atoms with Gasteiger partial charge in [-0.1, -0.05) is 31.0 Å². The molecule has 1 aliphatic carbocycles. The van der Waals surface area contributed by atoms with Gasteiger partial charge in [0.05, 0.1) is 15.8 Å². The number of pyridine rings is 2. The number of anilines is 2. The number of nitrogens with one attached hydrogen (secondary N) is 2. The van der Waals surface area contributed by atoms with E-state index in [1.54, 1.807) is 31.3 Å². The van der Waals surface area contributed by atoms with Gasteiger partial charge in [0.2, 0.25) is 6.54 Å². The fraction of sp³-hybridized carbons (Fsp3) is 0.483. The summed E-state index contributed by atoms with van der Waals surface area (Å²) >= 11 is 0. The Balaban J connectivity index is 0.761. The van der Waals surface area contributed by atoms with E-state index in [0.29, 0.717) is 65.0 Å². The van der Waals surface area contributed by atoms with Gasteiger partial charge in [0, 0.05) is 65.2 Å². The summed E-state index contributed by atoms with van der Waals surface area (Å²) in [5.41, 5.74) is 5.85. The van der Waals surface area contributed by atoms with Crippen molar-refractivity contribution in [3.8, 4) is 11.1 Å². The van der Waals surface area contributed by atoms with Crippen LogP contribution in [-0.4, -0.2) is 91.8 Å². The zero-order chi connectivity index (χ0) is 50.9. The number of aryl methyl sites for hydroxylation is 1. The summed E-state index contributed by atoms with van der Waals surface area (Å²) in [6, 6.07) is 22.6. The Morgan fingerprint density at radius 1 is 0.931 bits per heavy atom. The third-order valence-electron chi connectivity index (χ3n) is 15.8. The van der Waals surface area contributed by atoms with Crippen LogP contribution in [0.5, 0.6) is 0 Å². The van der Waals surface area contributed by atoms with Crippen molar-refractivity contribution in [2.75, 3.05) is 36.8 Å². The number of benzene rings is 3. The van der Waals surface area contributed by atoms with E-state index in [9.17, 15) is 19.3 Å². The van der Waals surface area contributed by atoms with Crippen LogP contribution in [0.4, 0.5) is 25.1 Å². The number of hydrogen-bond donors (Lipinski definition) is 2. The maximum atomic E-state index is 16.6. The molecule has 6 atom stereocenters. The van der Waals surface area contributed by atoms with Gasteiger partial charge in [0.1, 0.15) is 29.1 Å². The number of ether oxygens (including phenoxy) is 1. The average molecular weight is 982 g/mol. The Morgan fingerprint density at radius 3 is 2.38 bits per heavy atom. The van der Waals surface area contributed by atoms with Crippen LogP contribution in [0, 0.1) is 29.5 Å². The van der Waals surface area contributed by atoms with E-state index in [4.69, 9.17) is 9.72 Å². The number of halogens is 2. The number of nitrogens with zero attached hydrogens (tertiary/aromatic N) is 5. The molecule has 3 fully saturated rings. The predicted octanol–water partition coefficient (Wildman–Crippen LogP) is 12.2. The Bertz CT molecular complexity index is 2870. The van der Waals surface area contributed by atoms with Crippen molar-refractivity contribution in [2.24, 2.45) is 11.8 Å². The minimum atomic E-state index is -1.59. The van der Waals surface area contributed by atoms with E-state index in [-0.39, 0.29) is 24.4 Å². The number of piperidine rings is 1. The number of hydrogen-bond acceptors (Lipinski definition) is 9. The van der Waals surface area contributed by atoms with E-state index >= 15 is 8.78 Å². The summed E-state index contributed by atoms with van der Waals surface area (Å²) in [4.78, 5) is 61.5. The molecule has 1 saturated carbocycles. The van der Waals surface area contributed by atoms with Gasteiger partial charge in [-0.3, -0.25) is 15.2 Å². The monoisotopic (exact) mass is 982 g/mol. The second-order valence-electron chi connectivity index (χ2n) is 22.1. The highest BCUT2D eigenvalue weighted by molar-refractivity contribution is 5.95. The molecule has 12 nitrogen and oxygen atoms in total. The number of amides is 3. The first kappa shape index (κ1) is 50.7. The summed E-state index contributed by atoms with van der Waals surface area (Å²) in [5, 5.41) is 6.73. The number of alkyl halides is 1. The number of fused-ring (bicyclic) bond motifs is 1.